The summed E-state index contributed by atoms with van der Waals surface area (Å²) in [5.41, 5.74) is -0.889. The maximum Gasteiger partial charge on any atom is 0.416 e. The van der Waals surface area contributed by atoms with E-state index in [0.29, 0.717) is 6.07 Å². The smallest absolute Gasteiger partial charge is 0.416 e. The van der Waals surface area contributed by atoms with Gasteiger partial charge in [0, 0.05) is 11.1 Å². The average molecular weight is 308 g/mol. The van der Waals surface area contributed by atoms with E-state index in [1.807, 2.05) is 0 Å². The molecule has 0 saturated heterocycles. The van der Waals surface area contributed by atoms with E-state index < -0.39 is 29.9 Å². The third kappa shape index (κ3) is 3.52. The largest absolute Gasteiger partial charge is 0.481 e. The zero-order chi connectivity index (χ0) is 16.3. The van der Waals surface area contributed by atoms with Crippen LogP contribution in [0.3, 0.4) is 0 Å². The van der Waals surface area contributed by atoms with Crippen molar-refractivity contribution >= 4 is 11.8 Å². The van der Waals surface area contributed by atoms with Gasteiger partial charge in [0.25, 0.3) is 0 Å². The zero-order valence-electron chi connectivity index (χ0n) is 11.2. The molecule has 0 radical (unpaired) electrons. The van der Waals surface area contributed by atoms with E-state index in [0.717, 1.165) is 12.1 Å². The van der Waals surface area contributed by atoms with Crippen molar-refractivity contribution in [2.75, 3.05) is 0 Å². The molecule has 0 saturated carbocycles. The number of ketones is 1. The van der Waals surface area contributed by atoms with Crippen LogP contribution in [-0.2, 0) is 17.4 Å². The molecule has 1 N–H and O–H groups in total. The van der Waals surface area contributed by atoms with E-state index >= 15 is 0 Å². The number of halogens is 3. The van der Waals surface area contributed by atoms with Crippen molar-refractivity contribution in [1.29, 1.82) is 0 Å². The molecule has 22 heavy (non-hydrogen) atoms. The molecular weight excluding hydrogens is 297 g/mol. The van der Waals surface area contributed by atoms with Crippen LogP contribution in [0.15, 0.2) is 48.5 Å². The lowest BCUT2D eigenvalue weighted by Crippen LogP contribution is -2.13. The number of carbonyl (C=O) groups is 2. The number of aliphatic carboxylic acids is 1. The van der Waals surface area contributed by atoms with E-state index in [-0.39, 0.29) is 16.7 Å². The maximum atomic E-state index is 12.7. The lowest BCUT2D eigenvalue weighted by Gasteiger charge is -2.12. The Bertz CT molecular complexity index is 706. The summed E-state index contributed by atoms with van der Waals surface area (Å²) >= 11 is 0. The molecule has 2 aromatic rings. The first kappa shape index (κ1) is 15.8. The van der Waals surface area contributed by atoms with Crippen LogP contribution in [0.2, 0.25) is 0 Å². The molecule has 0 aliphatic heterocycles. The van der Waals surface area contributed by atoms with E-state index in [2.05, 4.69) is 0 Å². The van der Waals surface area contributed by atoms with Gasteiger partial charge in [0.2, 0.25) is 0 Å². The lowest BCUT2D eigenvalue weighted by molar-refractivity contribution is -0.138. The van der Waals surface area contributed by atoms with Crippen molar-refractivity contribution in [2.24, 2.45) is 0 Å². The van der Waals surface area contributed by atoms with Crippen molar-refractivity contribution in [3.05, 3.63) is 70.8 Å². The molecule has 0 aromatic heterocycles. The Hall–Kier alpha value is -2.63. The molecule has 6 heteroatoms. The number of hydrogen-bond donors (Lipinski definition) is 1. The predicted octanol–water partition coefficient (Wildman–Crippen LogP) is 3.56. The summed E-state index contributed by atoms with van der Waals surface area (Å²) in [7, 11) is 0. The highest BCUT2D eigenvalue weighted by molar-refractivity contribution is 6.10. The number of carbonyl (C=O) groups excluding carboxylic acids is 1. The summed E-state index contributed by atoms with van der Waals surface area (Å²) in [4.78, 5) is 23.2. The van der Waals surface area contributed by atoms with Gasteiger partial charge in [-0.15, -0.1) is 0 Å². The van der Waals surface area contributed by atoms with Gasteiger partial charge in [-0.25, -0.2) is 0 Å². The molecule has 0 amide bonds. The monoisotopic (exact) mass is 308 g/mol. The van der Waals surface area contributed by atoms with Gasteiger partial charge in [-0.05, 0) is 17.7 Å². The SMILES string of the molecule is O=C(O)Cc1cc(C(F)(F)F)ccc1C(=O)c1ccccc1. The van der Waals surface area contributed by atoms with Crippen LogP contribution in [0, 0.1) is 0 Å². The van der Waals surface area contributed by atoms with Crippen molar-refractivity contribution < 1.29 is 27.9 Å². The minimum atomic E-state index is -4.60. The minimum absolute atomic E-state index is 0.0402. The molecular formula is C16H11F3O3. The molecule has 2 rings (SSSR count). The third-order valence-electron chi connectivity index (χ3n) is 3.05. The third-order valence-corrected chi connectivity index (χ3v) is 3.05. The number of alkyl halides is 3. The second-order valence-electron chi connectivity index (χ2n) is 4.64. The topological polar surface area (TPSA) is 54.4 Å². The Labute approximate surface area is 124 Å². The Morgan fingerprint density at radius 1 is 1.00 bits per heavy atom. The number of carboxylic acid groups (broad SMARTS) is 1. The number of hydrogen-bond acceptors (Lipinski definition) is 2. The molecule has 0 bridgehead atoms. The van der Waals surface area contributed by atoms with Gasteiger partial charge in [0.1, 0.15) is 0 Å². The Kier molecular flexibility index (Phi) is 4.30. The predicted molar refractivity (Wildman–Crippen MR) is 72.7 cm³/mol. The van der Waals surface area contributed by atoms with Gasteiger partial charge >= 0.3 is 12.1 Å². The summed E-state index contributed by atoms with van der Waals surface area (Å²) in [5.74, 6) is -1.81. The highest BCUT2D eigenvalue weighted by Crippen LogP contribution is 2.31. The molecule has 0 spiro atoms. The molecule has 0 heterocycles. The quantitative estimate of drug-likeness (QED) is 0.879. The first-order valence-electron chi connectivity index (χ1n) is 6.30. The fourth-order valence-electron chi connectivity index (χ4n) is 2.05. The molecule has 0 unspecified atom stereocenters. The number of rotatable bonds is 4. The summed E-state index contributed by atoms with van der Waals surface area (Å²) in [6.45, 7) is 0. The van der Waals surface area contributed by atoms with Crippen molar-refractivity contribution in [2.45, 2.75) is 12.6 Å². The summed E-state index contributed by atoms with van der Waals surface area (Å²) in [6.07, 6.45) is -5.25. The van der Waals surface area contributed by atoms with Gasteiger partial charge in [-0.1, -0.05) is 36.4 Å². The van der Waals surface area contributed by atoms with Crippen LogP contribution in [0.4, 0.5) is 13.2 Å². The Morgan fingerprint density at radius 2 is 1.64 bits per heavy atom. The molecule has 0 fully saturated rings. The molecule has 0 atom stereocenters. The van der Waals surface area contributed by atoms with Gasteiger partial charge in [0.05, 0.1) is 12.0 Å². The van der Waals surface area contributed by atoms with Crippen LogP contribution in [-0.4, -0.2) is 16.9 Å². The Balaban J connectivity index is 2.50. The van der Waals surface area contributed by atoms with Crippen LogP contribution in [0.25, 0.3) is 0 Å². The highest BCUT2D eigenvalue weighted by Gasteiger charge is 2.31. The van der Waals surface area contributed by atoms with Gasteiger partial charge in [-0.3, -0.25) is 9.59 Å². The van der Waals surface area contributed by atoms with Crippen molar-refractivity contribution in [3.8, 4) is 0 Å². The molecule has 0 aliphatic rings. The normalized spacial score (nSPS) is 11.2. The zero-order valence-corrected chi connectivity index (χ0v) is 11.2. The first-order chi connectivity index (χ1) is 10.3. The fraction of sp³-hybridized carbons (Fsp3) is 0.125. The van der Waals surface area contributed by atoms with Crippen LogP contribution < -0.4 is 0 Å². The Morgan fingerprint density at radius 3 is 2.18 bits per heavy atom. The second kappa shape index (κ2) is 6.01. The van der Waals surface area contributed by atoms with Gasteiger partial charge < -0.3 is 5.11 Å². The van der Waals surface area contributed by atoms with Crippen molar-refractivity contribution in [3.63, 3.8) is 0 Å². The van der Waals surface area contributed by atoms with Crippen LogP contribution in [0.1, 0.15) is 27.0 Å². The minimum Gasteiger partial charge on any atom is -0.481 e. The second-order valence-corrected chi connectivity index (χ2v) is 4.64. The standard InChI is InChI=1S/C16H11F3O3/c17-16(18,19)12-6-7-13(11(8-12)9-14(20)21)15(22)10-4-2-1-3-5-10/h1-8H,9H2,(H,20,21). The average Bonchev–Trinajstić information content (AvgIpc) is 2.46. The molecule has 3 nitrogen and oxygen atoms in total. The van der Waals surface area contributed by atoms with E-state index in [9.17, 15) is 22.8 Å². The number of carboxylic acids is 1. The summed E-state index contributed by atoms with van der Waals surface area (Å²) < 4.78 is 38.2. The van der Waals surface area contributed by atoms with E-state index in [4.69, 9.17) is 5.11 Å². The lowest BCUT2D eigenvalue weighted by atomic mass is 9.94. The molecule has 0 aliphatic carbocycles. The summed E-state index contributed by atoms with van der Waals surface area (Å²) in [5, 5.41) is 8.84. The van der Waals surface area contributed by atoms with E-state index in [1.165, 1.54) is 12.1 Å². The molecule has 114 valence electrons. The fourth-order valence-corrected chi connectivity index (χ4v) is 2.05. The first-order valence-corrected chi connectivity index (χ1v) is 6.30. The number of benzene rings is 2. The van der Waals surface area contributed by atoms with Gasteiger partial charge in [0.15, 0.2) is 5.78 Å². The summed E-state index contributed by atoms with van der Waals surface area (Å²) in [6, 6.07) is 10.5. The molecule has 2 aromatic carbocycles. The van der Waals surface area contributed by atoms with Crippen LogP contribution >= 0.6 is 0 Å². The van der Waals surface area contributed by atoms with Crippen LogP contribution in [0.5, 0.6) is 0 Å². The van der Waals surface area contributed by atoms with Gasteiger partial charge in [-0.2, -0.15) is 13.2 Å². The van der Waals surface area contributed by atoms with Crippen molar-refractivity contribution in [1.82, 2.24) is 0 Å². The maximum absolute atomic E-state index is 12.7. The van der Waals surface area contributed by atoms with E-state index in [1.54, 1.807) is 18.2 Å². The highest BCUT2D eigenvalue weighted by atomic mass is 19.4.